The van der Waals surface area contributed by atoms with Crippen molar-refractivity contribution in [2.24, 2.45) is 5.92 Å². The van der Waals surface area contributed by atoms with Crippen molar-refractivity contribution in [1.29, 1.82) is 0 Å². The molecule has 0 radical (unpaired) electrons. The van der Waals surface area contributed by atoms with Gasteiger partial charge in [0.2, 0.25) is 0 Å². The Hall–Kier alpha value is -1.15. The average molecular weight is 320 g/mol. The van der Waals surface area contributed by atoms with Crippen molar-refractivity contribution in [1.82, 2.24) is 0 Å². The number of fused-ring (bicyclic) bond motifs is 2. The smallest absolute Gasteiger partial charge is 0.344 e. The van der Waals surface area contributed by atoms with Gasteiger partial charge in [-0.1, -0.05) is 13.8 Å². The Balaban J connectivity index is 1.80. The van der Waals surface area contributed by atoms with Gasteiger partial charge in [0, 0.05) is 0 Å². The van der Waals surface area contributed by atoms with Gasteiger partial charge in [-0.05, 0) is 25.7 Å². The summed E-state index contributed by atoms with van der Waals surface area (Å²) in [6.07, 6.45) is 0.651. The first-order chi connectivity index (χ1) is 9.83. The fourth-order valence-corrected chi connectivity index (χ4v) is 4.01. The monoisotopic (exact) mass is 320 g/mol. The summed E-state index contributed by atoms with van der Waals surface area (Å²) in [6, 6.07) is 0. The lowest BCUT2D eigenvalue weighted by Crippen LogP contribution is -2.36. The standard InChI is InChI=1S/C13H20O7S/c1-3-8(2)13(15)18-7-12(14)19-10-5-4-9-6-11(10)20-21(9,16)17/h8-11H,3-7H2,1-2H3. The molecule has 1 heterocycles. The zero-order valence-electron chi connectivity index (χ0n) is 12.1. The van der Waals surface area contributed by atoms with Crippen LogP contribution in [0.25, 0.3) is 0 Å². The van der Waals surface area contributed by atoms with Crippen LogP contribution in [-0.2, 0) is 33.4 Å². The molecule has 0 aromatic rings. The minimum absolute atomic E-state index is 0.267. The molecule has 1 aliphatic carbocycles. The fourth-order valence-electron chi connectivity index (χ4n) is 2.46. The largest absolute Gasteiger partial charge is 0.457 e. The van der Waals surface area contributed by atoms with E-state index in [9.17, 15) is 18.0 Å². The van der Waals surface area contributed by atoms with Gasteiger partial charge >= 0.3 is 11.9 Å². The number of esters is 2. The highest BCUT2D eigenvalue weighted by Crippen LogP contribution is 2.37. The minimum Gasteiger partial charge on any atom is -0.457 e. The van der Waals surface area contributed by atoms with Crippen molar-refractivity contribution < 1.29 is 31.7 Å². The lowest BCUT2D eigenvalue weighted by Gasteiger charge is -2.25. The number of hydrogen-bond donors (Lipinski definition) is 0. The molecule has 0 aromatic carbocycles. The molecule has 1 aliphatic heterocycles. The second kappa shape index (κ2) is 6.31. The van der Waals surface area contributed by atoms with Gasteiger partial charge in [0.25, 0.3) is 10.1 Å². The van der Waals surface area contributed by atoms with E-state index in [0.29, 0.717) is 25.7 Å². The van der Waals surface area contributed by atoms with Crippen LogP contribution in [-0.4, -0.2) is 44.4 Å². The van der Waals surface area contributed by atoms with Crippen molar-refractivity contribution in [3.8, 4) is 0 Å². The molecule has 0 amide bonds. The molecule has 2 aliphatic rings. The Morgan fingerprint density at radius 3 is 2.71 bits per heavy atom. The molecule has 2 bridgehead atoms. The summed E-state index contributed by atoms with van der Waals surface area (Å²) < 4.78 is 38.1. The molecule has 1 saturated carbocycles. The van der Waals surface area contributed by atoms with Crippen molar-refractivity contribution in [3.63, 3.8) is 0 Å². The van der Waals surface area contributed by atoms with Crippen molar-refractivity contribution in [2.75, 3.05) is 6.61 Å². The fraction of sp³-hybridized carbons (Fsp3) is 0.846. The molecule has 0 spiro atoms. The number of rotatable bonds is 5. The summed E-state index contributed by atoms with van der Waals surface area (Å²) in [5, 5.41) is -0.485. The quantitative estimate of drug-likeness (QED) is 0.545. The molecule has 120 valence electrons. The van der Waals surface area contributed by atoms with Crippen molar-refractivity contribution in [2.45, 2.75) is 57.0 Å². The summed E-state index contributed by atoms with van der Waals surface area (Å²) in [7, 11) is -3.51. The maximum absolute atomic E-state index is 11.7. The van der Waals surface area contributed by atoms with Gasteiger partial charge in [-0.15, -0.1) is 0 Å². The van der Waals surface area contributed by atoms with E-state index in [0.717, 1.165) is 0 Å². The third-order valence-electron chi connectivity index (χ3n) is 3.98. The highest BCUT2D eigenvalue weighted by atomic mass is 32.2. The van der Waals surface area contributed by atoms with Crippen LogP contribution in [0, 0.1) is 5.92 Å². The maximum Gasteiger partial charge on any atom is 0.344 e. The number of hydrogen-bond acceptors (Lipinski definition) is 7. The predicted octanol–water partition coefficient (Wildman–Crippen LogP) is 0.769. The molecule has 4 atom stereocenters. The average Bonchev–Trinajstić information content (AvgIpc) is 2.69. The first-order valence-electron chi connectivity index (χ1n) is 7.11. The number of ether oxygens (including phenoxy) is 2. The molecule has 0 aromatic heterocycles. The Morgan fingerprint density at radius 1 is 1.33 bits per heavy atom. The van der Waals surface area contributed by atoms with Crippen LogP contribution in [0.5, 0.6) is 0 Å². The van der Waals surface area contributed by atoms with Gasteiger partial charge in [0.1, 0.15) is 12.2 Å². The molecule has 4 unspecified atom stereocenters. The highest BCUT2D eigenvalue weighted by molar-refractivity contribution is 7.87. The zero-order chi connectivity index (χ0) is 15.6. The molecule has 8 heteroatoms. The molecule has 7 nitrogen and oxygen atoms in total. The highest BCUT2D eigenvalue weighted by Gasteiger charge is 2.48. The second-order valence-electron chi connectivity index (χ2n) is 5.51. The van der Waals surface area contributed by atoms with E-state index in [-0.39, 0.29) is 5.92 Å². The molecule has 1 saturated heterocycles. The van der Waals surface area contributed by atoms with E-state index in [1.54, 1.807) is 6.92 Å². The van der Waals surface area contributed by atoms with Crippen LogP contribution in [0.1, 0.15) is 39.5 Å². The molecule has 0 N–H and O–H groups in total. The van der Waals surface area contributed by atoms with Crippen LogP contribution in [0.15, 0.2) is 0 Å². The van der Waals surface area contributed by atoms with E-state index in [4.69, 9.17) is 13.7 Å². The summed E-state index contributed by atoms with van der Waals surface area (Å²) in [6.45, 7) is 3.11. The SMILES string of the molecule is CCC(C)C(=O)OCC(=O)OC1CCC2CC1OS2(=O)=O. The summed E-state index contributed by atoms with van der Waals surface area (Å²) in [4.78, 5) is 23.1. The van der Waals surface area contributed by atoms with E-state index in [1.807, 2.05) is 6.92 Å². The number of carbonyl (C=O) groups is 2. The van der Waals surface area contributed by atoms with Gasteiger partial charge in [-0.25, -0.2) is 4.79 Å². The van der Waals surface area contributed by atoms with Crippen LogP contribution in [0.4, 0.5) is 0 Å². The molecular formula is C13H20O7S. The van der Waals surface area contributed by atoms with Gasteiger partial charge in [-0.3, -0.25) is 8.98 Å². The lowest BCUT2D eigenvalue weighted by molar-refractivity contribution is -0.167. The van der Waals surface area contributed by atoms with Gasteiger partial charge in [0.05, 0.1) is 11.2 Å². The van der Waals surface area contributed by atoms with Crippen LogP contribution in [0.3, 0.4) is 0 Å². The first-order valence-corrected chi connectivity index (χ1v) is 8.58. The first kappa shape index (κ1) is 16.2. The van der Waals surface area contributed by atoms with Gasteiger partial charge in [0.15, 0.2) is 6.61 Å². The van der Waals surface area contributed by atoms with Crippen molar-refractivity contribution >= 4 is 22.1 Å². The molecule has 21 heavy (non-hydrogen) atoms. The second-order valence-corrected chi connectivity index (χ2v) is 7.35. The zero-order valence-corrected chi connectivity index (χ0v) is 12.9. The maximum atomic E-state index is 11.7. The lowest BCUT2D eigenvalue weighted by atomic mass is 9.94. The van der Waals surface area contributed by atoms with E-state index in [2.05, 4.69) is 0 Å². The predicted molar refractivity (Wildman–Crippen MR) is 71.7 cm³/mol. The normalized spacial score (nSPS) is 31.4. The summed E-state index contributed by atoms with van der Waals surface area (Å²) in [5.41, 5.74) is 0. The van der Waals surface area contributed by atoms with Gasteiger partial charge < -0.3 is 9.47 Å². The third kappa shape index (κ3) is 3.74. The van der Waals surface area contributed by atoms with Crippen molar-refractivity contribution in [3.05, 3.63) is 0 Å². The Morgan fingerprint density at radius 2 is 2.05 bits per heavy atom. The minimum atomic E-state index is -3.51. The summed E-state index contributed by atoms with van der Waals surface area (Å²) in [5.74, 6) is -1.39. The van der Waals surface area contributed by atoms with E-state index in [1.165, 1.54) is 0 Å². The van der Waals surface area contributed by atoms with Crippen LogP contribution >= 0.6 is 0 Å². The topological polar surface area (TPSA) is 96.0 Å². The Labute approximate surface area is 124 Å². The number of carbonyl (C=O) groups excluding carboxylic acids is 2. The van der Waals surface area contributed by atoms with Crippen LogP contribution < -0.4 is 0 Å². The Bertz CT molecular complexity index is 513. The van der Waals surface area contributed by atoms with Crippen LogP contribution in [0.2, 0.25) is 0 Å². The summed E-state index contributed by atoms with van der Waals surface area (Å²) >= 11 is 0. The van der Waals surface area contributed by atoms with Gasteiger partial charge in [-0.2, -0.15) is 8.42 Å². The molecule has 2 fully saturated rings. The molecular weight excluding hydrogens is 300 g/mol. The third-order valence-corrected chi connectivity index (χ3v) is 5.74. The molecule has 2 rings (SSSR count). The van der Waals surface area contributed by atoms with E-state index < -0.39 is 46.1 Å². The van der Waals surface area contributed by atoms with E-state index >= 15 is 0 Å². The Kier molecular flexibility index (Phi) is 4.88.